The zero-order chi connectivity index (χ0) is 6.85. The second-order valence-electron chi connectivity index (χ2n) is 2.37. The van der Waals surface area contributed by atoms with Gasteiger partial charge in [-0.15, -0.1) is 8.86 Å². The molecule has 50 valence electrons. The van der Waals surface area contributed by atoms with Crippen LogP contribution in [0.3, 0.4) is 0 Å². The standard InChI is InChI=1S/C6H10NOP/c1-4(8)7-6-2-5(6)3-9/h3,5-6,9H,2H2,1H3,(H,7,8)/t5-,6+/m1/s1. The Bertz CT molecular complexity index is 146. The van der Waals surface area contributed by atoms with Crippen LogP contribution in [0, 0.1) is 5.92 Å². The van der Waals surface area contributed by atoms with E-state index < -0.39 is 0 Å². The highest BCUT2D eigenvalue weighted by atomic mass is 31.0. The van der Waals surface area contributed by atoms with Gasteiger partial charge < -0.3 is 5.32 Å². The van der Waals surface area contributed by atoms with Gasteiger partial charge in [-0.1, -0.05) is 5.80 Å². The molecule has 9 heavy (non-hydrogen) atoms. The summed E-state index contributed by atoms with van der Waals surface area (Å²) < 4.78 is 0. The summed E-state index contributed by atoms with van der Waals surface area (Å²) in [4.78, 5) is 10.4. The van der Waals surface area contributed by atoms with Gasteiger partial charge in [0.05, 0.1) is 0 Å². The fraction of sp³-hybridized carbons (Fsp3) is 0.667. The Morgan fingerprint density at radius 3 is 2.89 bits per heavy atom. The van der Waals surface area contributed by atoms with Gasteiger partial charge in [-0.2, -0.15) is 0 Å². The van der Waals surface area contributed by atoms with Crippen molar-refractivity contribution in [2.45, 2.75) is 19.4 Å². The van der Waals surface area contributed by atoms with Crippen LogP contribution >= 0.6 is 8.86 Å². The molecule has 0 aromatic carbocycles. The predicted octanol–water partition coefficient (Wildman–Crippen LogP) is 0.456. The van der Waals surface area contributed by atoms with E-state index >= 15 is 0 Å². The third kappa shape index (κ3) is 1.79. The average Bonchev–Trinajstić information content (AvgIpc) is 2.45. The molecule has 0 aromatic rings. The van der Waals surface area contributed by atoms with Crippen molar-refractivity contribution in [1.29, 1.82) is 0 Å². The topological polar surface area (TPSA) is 29.1 Å². The highest BCUT2D eigenvalue weighted by molar-refractivity contribution is 7.18. The summed E-state index contributed by atoms with van der Waals surface area (Å²) in [6, 6.07) is 0.403. The number of carbonyl (C=O) groups excluding carboxylic acids is 1. The third-order valence-electron chi connectivity index (χ3n) is 1.44. The molecule has 3 heteroatoms. The molecule has 0 saturated heterocycles. The number of nitrogens with one attached hydrogen (secondary N) is 1. The minimum atomic E-state index is 0.0658. The van der Waals surface area contributed by atoms with E-state index in [4.69, 9.17) is 0 Å². The number of hydrogen-bond donors (Lipinski definition) is 1. The lowest BCUT2D eigenvalue weighted by atomic mass is 10.5. The van der Waals surface area contributed by atoms with Gasteiger partial charge in [-0.3, -0.25) is 4.79 Å². The Balaban J connectivity index is 2.19. The van der Waals surface area contributed by atoms with Crippen LogP contribution in [0.4, 0.5) is 0 Å². The van der Waals surface area contributed by atoms with E-state index in [1.807, 2.05) is 5.80 Å². The van der Waals surface area contributed by atoms with Gasteiger partial charge in [0, 0.05) is 18.9 Å². The van der Waals surface area contributed by atoms with Gasteiger partial charge >= 0.3 is 0 Å². The Hall–Kier alpha value is -0.360. The quantitative estimate of drug-likeness (QED) is 0.559. The third-order valence-corrected chi connectivity index (χ3v) is 1.87. The molecule has 0 bridgehead atoms. The van der Waals surface area contributed by atoms with Crippen LogP contribution in [-0.2, 0) is 4.79 Å². The summed E-state index contributed by atoms with van der Waals surface area (Å²) in [5.41, 5.74) is 0. The molecule has 1 aliphatic rings. The largest absolute Gasteiger partial charge is 0.353 e. The van der Waals surface area contributed by atoms with Crippen LogP contribution in [0.25, 0.3) is 0 Å². The minimum Gasteiger partial charge on any atom is -0.353 e. The van der Waals surface area contributed by atoms with E-state index in [2.05, 4.69) is 14.2 Å². The van der Waals surface area contributed by atoms with Crippen molar-refractivity contribution in [3.63, 3.8) is 0 Å². The first-order chi connectivity index (χ1) is 4.24. The predicted molar refractivity (Wildman–Crippen MR) is 40.1 cm³/mol. The SMILES string of the molecule is CC(=O)N[C@H]1C[C@@H]1C=P. The van der Waals surface area contributed by atoms with E-state index in [1.54, 1.807) is 6.92 Å². The van der Waals surface area contributed by atoms with Crippen LogP contribution in [-0.4, -0.2) is 17.7 Å². The number of carbonyl (C=O) groups is 1. The Labute approximate surface area is 56.9 Å². The van der Waals surface area contributed by atoms with Crippen LogP contribution in [0.1, 0.15) is 13.3 Å². The lowest BCUT2D eigenvalue weighted by Crippen LogP contribution is -2.23. The van der Waals surface area contributed by atoms with Crippen molar-refractivity contribution >= 4 is 20.6 Å². The monoisotopic (exact) mass is 143 g/mol. The number of amides is 1. The van der Waals surface area contributed by atoms with Crippen LogP contribution in [0.2, 0.25) is 0 Å². The lowest BCUT2D eigenvalue weighted by Gasteiger charge is -1.94. The molecule has 1 N–H and O–H groups in total. The second kappa shape index (κ2) is 2.49. The molecule has 1 aliphatic carbocycles. The molecule has 2 nitrogen and oxygen atoms in total. The van der Waals surface area contributed by atoms with Crippen LogP contribution in [0.5, 0.6) is 0 Å². The maximum absolute atomic E-state index is 10.4. The summed E-state index contributed by atoms with van der Waals surface area (Å²) in [5, 5.41) is 2.82. The molecule has 0 radical (unpaired) electrons. The van der Waals surface area contributed by atoms with Gasteiger partial charge in [0.25, 0.3) is 0 Å². The normalized spacial score (nSPS) is 31.2. The van der Waals surface area contributed by atoms with E-state index in [0.29, 0.717) is 12.0 Å². The smallest absolute Gasteiger partial charge is 0.217 e. The molecule has 2 atom stereocenters. The van der Waals surface area contributed by atoms with Gasteiger partial charge in [-0.25, -0.2) is 0 Å². The van der Waals surface area contributed by atoms with E-state index in [-0.39, 0.29) is 5.91 Å². The summed E-state index contributed by atoms with van der Waals surface area (Å²) in [6.07, 6.45) is 1.09. The van der Waals surface area contributed by atoms with Gasteiger partial charge in [0.1, 0.15) is 0 Å². The summed E-state index contributed by atoms with van der Waals surface area (Å²) in [5.74, 6) is 2.57. The van der Waals surface area contributed by atoms with Crippen molar-refractivity contribution in [3.05, 3.63) is 0 Å². The van der Waals surface area contributed by atoms with E-state index in [0.717, 1.165) is 6.42 Å². The maximum Gasteiger partial charge on any atom is 0.217 e. The molecule has 0 heterocycles. The van der Waals surface area contributed by atoms with E-state index in [9.17, 15) is 4.79 Å². The Morgan fingerprint density at radius 2 is 2.56 bits per heavy atom. The first-order valence-electron chi connectivity index (χ1n) is 3.01. The molecule has 0 unspecified atom stereocenters. The van der Waals surface area contributed by atoms with Crippen molar-refractivity contribution in [2.24, 2.45) is 5.92 Å². The molecule has 1 amide bonds. The van der Waals surface area contributed by atoms with Crippen molar-refractivity contribution in [1.82, 2.24) is 5.32 Å². The molecular weight excluding hydrogens is 133 g/mol. The van der Waals surface area contributed by atoms with Crippen LogP contribution < -0.4 is 5.32 Å². The molecular formula is C6H10NOP. The maximum atomic E-state index is 10.4. The second-order valence-corrected chi connectivity index (χ2v) is 2.71. The molecule has 1 fully saturated rings. The molecule has 0 spiro atoms. The summed E-state index contributed by atoms with van der Waals surface area (Å²) >= 11 is 0. The highest BCUT2D eigenvalue weighted by Gasteiger charge is 2.34. The first-order valence-corrected chi connectivity index (χ1v) is 3.59. The van der Waals surface area contributed by atoms with E-state index in [1.165, 1.54) is 0 Å². The molecule has 1 saturated carbocycles. The van der Waals surface area contributed by atoms with Gasteiger partial charge in [0.2, 0.25) is 5.91 Å². The Kier molecular flexibility index (Phi) is 1.87. The zero-order valence-electron chi connectivity index (χ0n) is 5.35. The first kappa shape index (κ1) is 6.76. The highest BCUT2D eigenvalue weighted by Crippen LogP contribution is 2.28. The average molecular weight is 143 g/mol. The number of rotatable bonds is 2. The fourth-order valence-electron chi connectivity index (χ4n) is 0.826. The minimum absolute atomic E-state index is 0.0658. The van der Waals surface area contributed by atoms with Crippen LogP contribution in [0.15, 0.2) is 0 Å². The Morgan fingerprint density at radius 1 is 1.89 bits per heavy atom. The van der Waals surface area contributed by atoms with Gasteiger partial charge in [-0.05, 0) is 6.42 Å². The number of hydrogen-bond acceptors (Lipinski definition) is 1. The summed E-state index contributed by atoms with van der Waals surface area (Å²) in [6.45, 7) is 1.54. The molecule has 0 aliphatic heterocycles. The molecule has 1 rings (SSSR count). The zero-order valence-corrected chi connectivity index (χ0v) is 6.35. The van der Waals surface area contributed by atoms with Crippen molar-refractivity contribution in [2.75, 3.05) is 0 Å². The lowest BCUT2D eigenvalue weighted by molar-refractivity contribution is -0.119. The fourth-order valence-corrected chi connectivity index (χ4v) is 1.19. The van der Waals surface area contributed by atoms with Gasteiger partial charge in [0.15, 0.2) is 0 Å². The summed E-state index contributed by atoms with van der Waals surface area (Å²) in [7, 11) is 3.27. The van der Waals surface area contributed by atoms with Crippen molar-refractivity contribution in [3.8, 4) is 0 Å². The molecule has 0 aromatic heterocycles. The van der Waals surface area contributed by atoms with Crippen molar-refractivity contribution < 1.29 is 4.79 Å².